The van der Waals surface area contributed by atoms with Crippen molar-refractivity contribution in [3.8, 4) is 0 Å². The molecule has 2 aromatic rings. The van der Waals surface area contributed by atoms with Crippen LogP contribution in [-0.4, -0.2) is 37.3 Å². The van der Waals surface area contributed by atoms with Gasteiger partial charge < -0.3 is 10.2 Å². The van der Waals surface area contributed by atoms with Crippen LogP contribution < -0.4 is 14.9 Å². The van der Waals surface area contributed by atoms with Gasteiger partial charge in [-0.3, -0.25) is 9.59 Å². The van der Waals surface area contributed by atoms with Gasteiger partial charge in [0.15, 0.2) is 0 Å². The number of carbonyl (C=O) groups is 2. The van der Waals surface area contributed by atoms with E-state index in [1.807, 2.05) is 6.92 Å². The Morgan fingerprint density at radius 3 is 2.53 bits per heavy atom. The molecule has 3 rings (SSSR count). The van der Waals surface area contributed by atoms with Crippen molar-refractivity contribution < 1.29 is 18.0 Å². The number of hydrogen-bond donors (Lipinski definition) is 2. The lowest BCUT2D eigenvalue weighted by atomic mass is 10.1. The normalized spacial score (nSPS) is 17.0. The number of anilines is 2. The maximum Gasteiger partial charge on any atom is 0.243 e. The van der Waals surface area contributed by atoms with E-state index in [-0.39, 0.29) is 22.8 Å². The standard InChI is InChI=1S/C21H26N4O4S/c1-13(2)20(21(27)23-19-7-5-6-10-22-19)24-30(28,29)17-8-9-18-16(12-17)11-14(3)25(18)15(4)26/h5-10,12-14,20,24H,11H2,1-4H3,(H,22,23,27)/t14-,20-/m1/s1. The zero-order chi connectivity index (χ0) is 22.1. The van der Waals surface area contributed by atoms with E-state index in [2.05, 4.69) is 15.0 Å². The summed E-state index contributed by atoms with van der Waals surface area (Å²) in [6.07, 6.45) is 2.12. The predicted octanol–water partition coefficient (Wildman–Crippen LogP) is 2.32. The first-order valence-corrected chi connectivity index (χ1v) is 11.3. The van der Waals surface area contributed by atoms with E-state index < -0.39 is 22.0 Å². The molecule has 2 heterocycles. The summed E-state index contributed by atoms with van der Waals surface area (Å²) < 4.78 is 28.5. The van der Waals surface area contributed by atoms with Crippen LogP contribution in [0.3, 0.4) is 0 Å². The van der Waals surface area contributed by atoms with Gasteiger partial charge in [0.05, 0.1) is 4.90 Å². The van der Waals surface area contributed by atoms with E-state index in [0.717, 1.165) is 11.3 Å². The Bertz CT molecular complexity index is 1050. The number of aromatic nitrogens is 1. The Hall–Kier alpha value is -2.78. The molecular weight excluding hydrogens is 404 g/mol. The second kappa shape index (κ2) is 8.53. The van der Waals surface area contributed by atoms with Crippen LogP contribution in [0.5, 0.6) is 0 Å². The number of fused-ring (bicyclic) bond motifs is 1. The van der Waals surface area contributed by atoms with E-state index in [1.54, 1.807) is 55.3 Å². The van der Waals surface area contributed by atoms with Crippen molar-refractivity contribution in [3.05, 3.63) is 48.2 Å². The molecular formula is C21H26N4O4S. The fourth-order valence-corrected chi connectivity index (χ4v) is 5.02. The molecule has 30 heavy (non-hydrogen) atoms. The van der Waals surface area contributed by atoms with Crippen LogP contribution in [0.15, 0.2) is 47.5 Å². The molecule has 1 aromatic heterocycles. The Balaban J connectivity index is 1.83. The number of pyridine rings is 1. The van der Waals surface area contributed by atoms with Crippen molar-refractivity contribution in [3.63, 3.8) is 0 Å². The third kappa shape index (κ3) is 4.52. The molecule has 0 spiro atoms. The molecule has 1 aromatic carbocycles. The summed E-state index contributed by atoms with van der Waals surface area (Å²) in [5, 5.41) is 2.64. The quantitative estimate of drug-likeness (QED) is 0.731. The van der Waals surface area contributed by atoms with Crippen molar-refractivity contribution in [2.75, 3.05) is 10.2 Å². The molecule has 8 nitrogen and oxygen atoms in total. The van der Waals surface area contributed by atoms with Crippen molar-refractivity contribution in [1.82, 2.24) is 9.71 Å². The topological polar surface area (TPSA) is 108 Å². The largest absolute Gasteiger partial charge is 0.309 e. The van der Waals surface area contributed by atoms with Crippen molar-refractivity contribution >= 4 is 33.3 Å². The fourth-order valence-electron chi connectivity index (χ4n) is 3.62. The number of hydrogen-bond acceptors (Lipinski definition) is 5. The smallest absolute Gasteiger partial charge is 0.243 e. The molecule has 1 aliphatic rings. The molecule has 0 saturated heterocycles. The maximum absolute atomic E-state index is 13.0. The summed E-state index contributed by atoms with van der Waals surface area (Å²) in [5.74, 6) is -0.500. The maximum atomic E-state index is 13.0. The van der Waals surface area contributed by atoms with Gasteiger partial charge >= 0.3 is 0 Å². The molecule has 1 aliphatic heterocycles. The average molecular weight is 431 g/mol. The van der Waals surface area contributed by atoms with Gasteiger partial charge in [0.1, 0.15) is 11.9 Å². The van der Waals surface area contributed by atoms with Crippen LogP contribution in [0.25, 0.3) is 0 Å². The molecule has 0 unspecified atom stereocenters. The number of nitrogens with zero attached hydrogens (tertiary/aromatic N) is 2. The fraction of sp³-hybridized carbons (Fsp3) is 0.381. The zero-order valence-electron chi connectivity index (χ0n) is 17.4. The van der Waals surface area contributed by atoms with Crippen molar-refractivity contribution in [1.29, 1.82) is 0 Å². The van der Waals surface area contributed by atoms with Gasteiger partial charge in [-0.1, -0.05) is 19.9 Å². The van der Waals surface area contributed by atoms with Gasteiger partial charge in [-0.25, -0.2) is 13.4 Å². The number of sulfonamides is 1. The molecule has 0 fully saturated rings. The number of rotatable bonds is 6. The SMILES string of the molecule is CC(=O)N1c2ccc(S(=O)(=O)N[C@@H](C(=O)Nc3ccccn3)C(C)C)cc2C[C@H]1C. The van der Waals surface area contributed by atoms with Gasteiger partial charge in [-0.05, 0) is 55.2 Å². The number of benzene rings is 1. The van der Waals surface area contributed by atoms with Gasteiger partial charge in [-0.2, -0.15) is 4.72 Å². The first-order valence-electron chi connectivity index (χ1n) is 9.77. The lowest BCUT2D eigenvalue weighted by Gasteiger charge is -2.22. The molecule has 2 atom stereocenters. The van der Waals surface area contributed by atoms with Crippen LogP contribution >= 0.6 is 0 Å². The molecule has 0 saturated carbocycles. The van der Waals surface area contributed by atoms with E-state index in [4.69, 9.17) is 0 Å². The highest BCUT2D eigenvalue weighted by molar-refractivity contribution is 7.89. The highest BCUT2D eigenvalue weighted by atomic mass is 32.2. The van der Waals surface area contributed by atoms with Crippen LogP contribution in [0.4, 0.5) is 11.5 Å². The number of amides is 2. The van der Waals surface area contributed by atoms with Gasteiger partial charge in [-0.15, -0.1) is 0 Å². The Labute approximate surface area is 176 Å². The predicted molar refractivity (Wildman–Crippen MR) is 115 cm³/mol. The van der Waals surface area contributed by atoms with Crippen LogP contribution in [0, 0.1) is 5.92 Å². The molecule has 0 radical (unpaired) electrons. The first kappa shape index (κ1) is 21.9. The van der Waals surface area contributed by atoms with Crippen LogP contribution in [0.1, 0.15) is 33.3 Å². The summed E-state index contributed by atoms with van der Waals surface area (Å²) in [6.45, 7) is 6.94. The lowest BCUT2D eigenvalue weighted by molar-refractivity contribution is -0.119. The van der Waals surface area contributed by atoms with Crippen molar-refractivity contribution in [2.24, 2.45) is 5.92 Å². The van der Waals surface area contributed by atoms with Crippen LogP contribution in [0.2, 0.25) is 0 Å². The zero-order valence-corrected chi connectivity index (χ0v) is 18.2. The highest BCUT2D eigenvalue weighted by Gasteiger charge is 2.32. The Kier molecular flexibility index (Phi) is 6.23. The van der Waals surface area contributed by atoms with Crippen molar-refractivity contribution in [2.45, 2.75) is 51.1 Å². The summed E-state index contributed by atoms with van der Waals surface area (Å²) in [7, 11) is -3.95. The third-order valence-electron chi connectivity index (χ3n) is 5.06. The van der Waals surface area contributed by atoms with Gasteiger partial charge in [0.25, 0.3) is 0 Å². The summed E-state index contributed by atoms with van der Waals surface area (Å²) >= 11 is 0. The van der Waals surface area contributed by atoms with Gasteiger partial charge in [0.2, 0.25) is 21.8 Å². The molecule has 0 bridgehead atoms. The minimum Gasteiger partial charge on any atom is -0.309 e. The molecule has 2 N–H and O–H groups in total. The monoisotopic (exact) mass is 430 g/mol. The molecule has 160 valence electrons. The summed E-state index contributed by atoms with van der Waals surface area (Å²) in [6, 6.07) is 8.76. The highest BCUT2D eigenvalue weighted by Crippen LogP contribution is 2.34. The van der Waals surface area contributed by atoms with Crippen LogP contribution in [-0.2, 0) is 26.0 Å². The third-order valence-corrected chi connectivity index (χ3v) is 6.50. The number of carbonyl (C=O) groups excluding carboxylic acids is 2. The molecule has 0 aliphatic carbocycles. The second-order valence-corrected chi connectivity index (χ2v) is 9.49. The lowest BCUT2D eigenvalue weighted by Crippen LogP contribution is -2.47. The second-order valence-electron chi connectivity index (χ2n) is 7.78. The van der Waals surface area contributed by atoms with E-state index in [1.165, 1.54) is 13.0 Å². The first-order chi connectivity index (χ1) is 14.1. The number of nitrogens with one attached hydrogen (secondary N) is 2. The van der Waals surface area contributed by atoms with E-state index in [0.29, 0.717) is 12.2 Å². The summed E-state index contributed by atoms with van der Waals surface area (Å²) in [4.78, 5) is 30.4. The summed E-state index contributed by atoms with van der Waals surface area (Å²) in [5.41, 5.74) is 1.52. The van der Waals surface area contributed by atoms with Gasteiger partial charge in [0, 0.05) is 24.8 Å². The minimum absolute atomic E-state index is 0.0315. The van der Waals surface area contributed by atoms with E-state index >= 15 is 0 Å². The Morgan fingerprint density at radius 1 is 1.20 bits per heavy atom. The molecule has 2 amide bonds. The average Bonchev–Trinajstić information content (AvgIpc) is 3.01. The minimum atomic E-state index is -3.95. The molecule has 9 heteroatoms. The van der Waals surface area contributed by atoms with E-state index in [9.17, 15) is 18.0 Å². The Morgan fingerprint density at radius 2 is 1.93 bits per heavy atom.